The second-order valence-electron chi connectivity index (χ2n) is 13.1. The number of methoxy groups -OCH3 is 2. The van der Waals surface area contributed by atoms with E-state index in [0.717, 1.165) is 12.8 Å². The number of halogens is 8. The van der Waals surface area contributed by atoms with Gasteiger partial charge in [-0.2, -0.15) is 26.3 Å². The number of rotatable bonds is 20. The van der Waals surface area contributed by atoms with Gasteiger partial charge in [0.15, 0.2) is 0 Å². The SMILES string of the molecule is CCCCOC(=O)C(C)(C)CC(C)(Br)C(=O)OCCOC.COCCOC(=O)C(C)(Br)CC(C)(C)C(=O)OCCCN.O=C(O)C(F)(F)F.O=C([O-])C(F)(F)F. The number of carbonyl (C=O) groups excluding carboxylic acids is 5. The molecule has 0 aliphatic carbocycles. The molecule has 0 aromatic carbocycles. The molecule has 332 valence electrons. The molecule has 15 nitrogen and oxygen atoms in total. The Balaban J connectivity index is -0.000000361. The zero-order valence-corrected chi connectivity index (χ0v) is 36.0. The van der Waals surface area contributed by atoms with E-state index in [2.05, 4.69) is 31.9 Å². The molecule has 0 amide bonds. The Morgan fingerprint density at radius 2 is 0.875 bits per heavy atom. The van der Waals surface area contributed by atoms with E-state index < -0.39 is 55.7 Å². The fraction of sp³-hybridized carbons (Fsp3) is 0.818. The Kier molecular flexibility index (Phi) is 30.6. The van der Waals surface area contributed by atoms with E-state index in [0.29, 0.717) is 32.8 Å². The molecule has 0 saturated heterocycles. The second-order valence-corrected chi connectivity index (χ2v) is 16.6. The van der Waals surface area contributed by atoms with E-state index in [4.69, 9.17) is 54.0 Å². The highest BCUT2D eigenvalue weighted by Crippen LogP contribution is 2.37. The Bertz CT molecular complexity index is 1040. The normalized spacial score (nSPS) is 13.6. The number of nitrogens with two attached hydrogens (primary N) is 1. The molecule has 0 aromatic heterocycles. The third-order valence-corrected chi connectivity index (χ3v) is 7.54. The molecule has 3 N–H and O–H groups in total. The Labute approximate surface area is 339 Å². The quantitative estimate of drug-likeness (QED) is 0.0556. The number of aliphatic carboxylic acids is 2. The highest BCUT2D eigenvalue weighted by molar-refractivity contribution is 9.10. The maximum atomic E-state index is 12.1. The van der Waals surface area contributed by atoms with Crippen LogP contribution in [0.2, 0.25) is 0 Å². The molecule has 0 saturated carbocycles. The van der Waals surface area contributed by atoms with Gasteiger partial charge in [-0.15, -0.1) is 0 Å². The van der Waals surface area contributed by atoms with Gasteiger partial charge in [0.2, 0.25) is 0 Å². The van der Waals surface area contributed by atoms with Gasteiger partial charge in [-0.05, 0) is 73.8 Å². The molecule has 0 aliphatic heterocycles. The topological polar surface area (TPSA) is 227 Å². The van der Waals surface area contributed by atoms with Crippen LogP contribution >= 0.6 is 31.9 Å². The maximum Gasteiger partial charge on any atom is 0.490 e. The first-order valence-electron chi connectivity index (χ1n) is 16.6. The van der Waals surface area contributed by atoms with Crippen molar-refractivity contribution in [1.29, 1.82) is 0 Å². The van der Waals surface area contributed by atoms with Gasteiger partial charge >= 0.3 is 42.2 Å². The lowest BCUT2D eigenvalue weighted by molar-refractivity contribution is -0.344. The highest BCUT2D eigenvalue weighted by atomic mass is 79.9. The summed E-state index contributed by atoms with van der Waals surface area (Å²) in [5.41, 5.74) is 3.77. The maximum absolute atomic E-state index is 12.1. The van der Waals surface area contributed by atoms with Crippen molar-refractivity contribution in [3.05, 3.63) is 0 Å². The van der Waals surface area contributed by atoms with Gasteiger partial charge in [-0.3, -0.25) is 19.2 Å². The van der Waals surface area contributed by atoms with Crippen molar-refractivity contribution in [1.82, 2.24) is 0 Å². The summed E-state index contributed by atoms with van der Waals surface area (Å²) < 4.78 is 91.6. The molecule has 2 atom stereocenters. The number of carboxylic acids is 2. The van der Waals surface area contributed by atoms with Crippen LogP contribution in [0.15, 0.2) is 0 Å². The molecular weight excluding hydrogens is 908 g/mol. The Morgan fingerprint density at radius 3 is 1.11 bits per heavy atom. The van der Waals surface area contributed by atoms with E-state index in [1.54, 1.807) is 41.5 Å². The average Bonchev–Trinajstić information content (AvgIpc) is 3.04. The van der Waals surface area contributed by atoms with Crippen molar-refractivity contribution in [3.8, 4) is 0 Å². The lowest BCUT2D eigenvalue weighted by Crippen LogP contribution is -2.40. The molecule has 0 radical (unpaired) electrons. The first-order chi connectivity index (χ1) is 25.2. The van der Waals surface area contributed by atoms with Crippen molar-refractivity contribution in [3.63, 3.8) is 0 Å². The van der Waals surface area contributed by atoms with Crippen LogP contribution in [0.4, 0.5) is 26.3 Å². The van der Waals surface area contributed by atoms with Crippen molar-refractivity contribution >= 4 is 67.7 Å². The summed E-state index contributed by atoms with van der Waals surface area (Å²) in [7, 11) is 3.07. The lowest BCUT2D eigenvalue weighted by Gasteiger charge is -2.30. The molecule has 0 aromatic rings. The summed E-state index contributed by atoms with van der Waals surface area (Å²) in [6.07, 6.45) is -7.31. The largest absolute Gasteiger partial charge is 0.542 e. The molecule has 23 heteroatoms. The van der Waals surface area contributed by atoms with E-state index in [1.165, 1.54) is 14.2 Å². The van der Waals surface area contributed by atoms with Gasteiger partial charge in [-0.1, -0.05) is 45.2 Å². The minimum atomic E-state index is -5.19. The van der Waals surface area contributed by atoms with Gasteiger partial charge in [-0.25, -0.2) is 4.79 Å². The molecule has 0 bridgehead atoms. The van der Waals surface area contributed by atoms with Crippen molar-refractivity contribution < 1.29 is 93.7 Å². The number of hydrogen-bond donors (Lipinski definition) is 2. The predicted octanol–water partition coefficient (Wildman–Crippen LogP) is 4.66. The van der Waals surface area contributed by atoms with Crippen LogP contribution < -0.4 is 10.8 Å². The van der Waals surface area contributed by atoms with E-state index in [9.17, 15) is 45.5 Å². The van der Waals surface area contributed by atoms with Crippen LogP contribution in [0.3, 0.4) is 0 Å². The smallest absolute Gasteiger partial charge is 0.490 e. The third kappa shape index (κ3) is 30.4. The first-order valence-corrected chi connectivity index (χ1v) is 18.1. The van der Waals surface area contributed by atoms with Gasteiger partial charge < -0.3 is 49.2 Å². The number of alkyl halides is 8. The second kappa shape index (κ2) is 28.6. The molecule has 0 rings (SSSR count). The van der Waals surface area contributed by atoms with E-state index in [1.807, 2.05) is 6.92 Å². The molecule has 0 heterocycles. The Morgan fingerprint density at radius 1 is 0.589 bits per heavy atom. The van der Waals surface area contributed by atoms with Gasteiger partial charge in [0, 0.05) is 14.2 Å². The summed E-state index contributed by atoms with van der Waals surface area (Å²) >= 11 is 6.70. The Hall–Kier alpha value is -2.76. The van der Waals surface area contributed by atoms with E-state index >= 15 is 0 Å². The molecule has 0 aliphatic rings. The minimum Gasteiger partial charge on any atom is -0.542 e. The summed E-state index contributed by atoms with van der Waals surface area (Å²) in [6, 6.07) is 0. The van der Waals surface area contributed by atoms with Crippen LogP contribution in [0, 0.1) is 10.8 Å². The first kappa shape index (κ1) is 59.9. The van der Waals surface area contributed by atoms with Gasteiger partial charge in [0.05, 0.1) is 37.3 Å². The van der Waals surface area contributed by atoms with Crippen molar-refractivity contribution in [2.45, 2.75) is 102 Å². The monoisotopic (exact) mass is 960 g/mol. The zero-order valence-electron chi connectivity index (χ0n) is 32.8. The van der Waals surface area contributed by atoms with E-state index in [-0.39, 0.29) is 44.6 Å². The fourth-order valence-corrected chi connectivity index (χ4v) is 5.26. The summed E-state index contributed by atoms with van der Waals surface area (Å²) in [6.45, 7) is 14.6. The molecular formula is C33H54Br2F6NO14-. The van der Waals surface area contributed by atoms with Crippen LogP contribution in [0.25, 0.3) is 0 Å². The third-order valence-electron chi connectivity index (χ3n) is 6.33. The van der Waals surface area contributed by atoms with Crippen LogP contribution in [-0.2, 0) is 57.2 Å². The summed E-state index contributed by atoms with van der Waals surface area (Å²) in [5.74, 6) is -7.26. The zero-order chi connectivity index (χ0) is 45.2. The number of ether oxygens (including phenoxy) is 6. The summed E-state index contributed by atoms with van der Waals surface area (Å²) in [4.78, 5) is 65.8. The molecule has 2 unspecified atom stereocenters. The average molecular weight is 963 g/mol. The van der Waals surface area contributed by atoms with Crippen molar-refractivity contribution in [2.24, 2.45) is 16.6 Å². The molecule has 0 fully saturated rings. The number of carboxylic acid groups (broad SMARTS) is 2. The number of carbonyl (C=O) groups is 6. The molecule has 56 heavy (non-hydrogen) atoms. The highest BCUT2D eigenvalue weighted by Gasteiger charge is 2.43. The number of esters is 4. The summed E-state index contributed by atoms with van der Waals surface area (Å²) in [5, 5.41) is 15.9. The van der Waals surface area contributed by atoms with Crippen LogP contribution in [0.5, 0.6) is 0 Å². The number of unbranched alkanes of at least 4 members (excludes halogenated alkanes) is 1. The lowest BCUT2D eigenvalue weighted by atomic mass is 9.83. The van der Waals surface area contributed by atoms with Crippen LogP contribution in [-0.4, -0.2) is 122 Å². The van der Waals surface area contributed by atoms with Crippen LogP contribution in [0.1, 0.15) is 80.6 Å². The van der Waals surface area contributed by atoms with Crippen molar-refractivity contribution in [2.75, 3.05) is 60.4 Å². The molecule has 0 spiro atoms. The number of hydrogen-bond acceptors (Lipinski definition) is 14. The predicted molar refractivity (Wildman–Crippen MR) is 192 cm³/mol. The van der Waals surface area contributed by atoms with Gasteiger partial charge in [0.25, 0.3) is 0 Å². The fourth-order valence-electron chi connectivity index (χ4n) is 3.63. The minimum absolute atomic E-state index is 0.178. The van der Waals surface area contributed by atoms with Gasteiger partial charge in [0.1, 0.15) is 27.8 Å². The standard InChI is InChI=1S/C15H27BrO5.C14H26BrNO5.2C2HF3O2/c1-6-7-8-20-12(17)14(2,3)11-15(4,16)13(18)21-10-9-19-5;1-13(2,11(17)20-7-5-6-16)10-14(3,15)12(18)21-9-8-19-4;2*3-2(4,5)1(6)7/h6-11H2,1-5H3;5-10,16H2,1-4H3;2*(H,6,7)/p-1.